The second-order valence-corrected chi connectivity index (χ2v) is 6.38. The Balaban J connectivity index is 2.23. The van der Waals surface area contributed by atoms with Gasteiger partial charge in [0.25, 0.3) is 5.91 Å². The highest BCUT2D eigenvalue weighted by Crippen LogP contribution is 2.33. The lowest BCUT2D eigenvalue weighted by Crippen LogP contribution is -2.49. The van der Waals surface area contributed by atoms with Crippen LogP contribution in [0.2, 0.25) is 0 Å². The molecule has 6 nitrogen and oxygen atoms in total. The zero-order valence-corrected chi connectivity index (χ0v) is 15.8. The summed E-state index contributed by atoms with van der Waals surface area (Å²) in [7, 11) is 3.14. The summed E-state index contributed by atoms with van der Waals surface area (Å²) < 4.78 is 10.8. The van der Waals surface area contributed by atoms with E-state index in [4.69, 9.17) is 9.47 Å². The molecule has 0 aromatic heterocycles. The molecule has 1 fully saturated rings. The number of piperidine rings is 1. The molecule has 0 saturated carbocycles. The minimum Gasteiger partial charge on any atom is -0.493 e. The van der Waals surface area contributed by atoms with Crippen molar-refractivity contribution >= 4 is 11.8 Å². The van der Waals surface area contributed by atoms with Gasteiger partial charge in [0.15, 0.2) is 11.5 Å². The first-order valence-corrected chi connectivity index (χ1v) is 8.98. The summed E-state index contributed by atoms with van der Waals surface area (Å²) in [5.41, 5.74) is 1.42. The number of benzene rings is 1. The molecule has 1 heterocycles. The topological polar surface area (TPSA) is 67.9 Å². The Hall–Kier alpha value is -2.50. The molecule has 142 valence electrons. The fourth-order valence-electron chi connectivity index (χ4n) is 3.27. The van der Waals surface area contributed by atoms with Crippen molar-refractivity contribution in [1.82, 2.24) is 10.2 Å². The zero-order chi connectivity index (χ0) is 19.1. The molecular formula is C20H28N2O4. The van der Waals surface area contributed by atoms with Crippen molar-refractivity contribution in [2.75, 3.05) is 27.3 Å². The number of ether oxygens (including phenoxy) is 2. The van der Waals surface area contributed by atoms with Crippen LogP contribution >= 0.6 is 0 Å². The molecule has 6 heteroatoms. The summed E-state index contributed by atoms with van der Waals surface area (Å²) in [5, 5.41) is 2.99. The Morgan fingerprint density at radius 2 is 2.12 bits per heavy atom. The van der Waals surface area contributed by atoms with Crippen molar-refractivity contribution in [2.24, 2.45) is 0 Å². The first kappa shape index (κ1) is 19.8. The van der Waals surface area contributed by atoms with E-state index in [0.29, 0.717) is 43.0 Å². The van der Waals surface area contributed by atoms with Crippen LogP contribution in [-0.4, -0.2) is 50.1 Å². The van der Waals surface area contributed by atoms with E-state index in [0.717, 1.165) is 18.4 Å². The minimum atomic E-state index is -0.0632. The van der Waals surface area contributed by atoms with E-state index < -0.39 is 0 Å². The highest BCUT2D eigenvalue weighted by atomic mass is 16.5. The molecule has 0 bridgehead atoms. The van der Waals surface area contributed by atoms with Gasteiger partial charge in [-0.05, 0) is 31.4 Å². The van der Waals surface area contributed by atoms with Crippen molar-refractivity contribution in [2.45, 2.75) is 38.6 Å². The average molecular weight is 360 g/mol. The van der Waals surface area contributed by atoms with Crippen molar-refractivity contribution in [3.05, 3.63) is 35.9 Å². The third-order valence-corrected chi connectivity index (χ3v) is 4.56. The van der Waals surface area contributed by atoms with E-state index in [1.54, 1.807) is 31.3 Å². The van der Waals surface area contributed by atoms with Crippen LogP contribution in [-0.2, 0) is 11.2 Å². The zero-order valence-electron chi connectivity index (χ0n) is 15.8. The van der Waals surface area contributed by atoms with Crippen LogP contribution in [0.25, 0.3) is 0 Å². The van der Waals surface area contributed by atoms with Crippen LogP contribution in [0.4, 0.5) is 0 Å². The molecule has 1 aromatic carbocycles. The van der Waals surface area contributed by atoms with Crippen molar-refractivity contribution in [3.63, 3.8) is 0 Å². The lowest BCUT2D eigenvalue weighted by atomic mass is 10.0. The highest BCUT2D eigenvalue weighted by molar-refractivity contribution is 5.95. The van der Waals surface area contributed by atoms with Gasteiger partial charge in [-0.15, -0.1) is 6.58 Å². The number of rotatable bonds is 7. The normalized spacial score (nSPS) is 16.7. The van der Waals surface area contributed by atoms with Gasteiger partial charge in [-0.2, -0.15) is 0 Å². The maximum absolute atomic E-state index is 13.0. The molecule has 1 saturated heterocycles. The van der Waals surface area contributed by atoms with Gasteiger partial charge >= 0.3 is 0 Å². The largest absolute Gasteiger partial charge is 0.493 e. The highest BCUT2D eigenvalue weighted by Gasteiger charge is 2.26. The van der Waals surface area contributed by atoms with Gasteiger partial charge in [0.05, 0.1) is 14.2 Å². The standard InChI is InChI=1S/C20H28N2O4/c1-5-8-14-11-15(12-17(25-3)19(14)26-4)20(24)22-10-7-9-16(13-22)21-18(23)6-2/h5,11-12,16H,1,6-10,13H2,2-4H3,(H,21,23). The Labute approximate surface area is 155 Å². The summed E-state index contributed by atoms with van der Waals surface area (Å²) in [4.78, 5) is 26.5. The molecule has 1 aromatic rings. The molecule has 26 heavy (non-hydrogen) atoms. The van der Waals surface area contributed by atoms with Crippen LogP contribution in [0.5, 0.6) is 11.5 Å². The van der Waals surface area contributed by atoms with Crippen molar-refractivity contribution in [1.29, 1.82) is 0 Å². The Kier molecular flexibility index (Phi) is 7.06. The summed E-state index contributed by atoms with van der Waals surface area (Å²) in [6, 6.07) is 3.55. The van der Waals surface area contributed by atoms with Gasteiger partial charge in [0, 0.05) is 36.7 Å². The Bertz CT molecular complexity index is 672. The Morgan fingerprint density at radius 3 is 2.73 bits per heavy atom. The molecule has 1 aliphatic rings. The molecule has 2 amide bonds. The predicted molar refractivity (Wildman–Crippen MR) is 101 cm³/mol. The number of allylic oxidation sites excluding steroid dienone is 1. The third kappa shape index (κ3) is 4.56. The number of methoxy groups -OCH3 is 2. The molecule has 0 spiro atoms. The monoisotopic (exact) mass is 360 g/mol. The van der Waals surface area contributed by atoms with E-state index in [1.807, 2.05) is 13.0 Å². The van der Waals surface area contributed by atoms with E-state index in [2.05, 4.69) is 11.9 Å². The van der Waals surface area contributed by atoms with Crippen molar-refractivity contribution < 1.29 is 19.1 Å². The number of hydrogen-bond acceptors (Lipinski definition) is 4. The number of likely N-dealkylation sites (tertiary alicyclic amines) is 1. The van der Waals surface area contributed by atoms with Gasteiger partial charge in [0.2, 0.25) is 5.91 Å². The molecule has 0 radical (unpaired) electrons. The number of hydrogen-bond donors (Lipinski definition) is 1. The predicted octanol–water partition coefficient (Wildman–Crippen LogP) is 2.56. The van der Waals surface area contributed by atoms with E-state index in [-0.39, 0.29) is 17.9 Å². The van der Waals surface area contributed by atoms with E-state index in [9.17, 15) is 9.59 Å². The van der Waals surface area contributed by atoms with Crippen LogP contribution < -0.4 is 14.8 Å². The second kappa shape index (κ2) is 9.27. The number of carbonyl (C=O) groups excluding carboxylic acids is 2. The van der Waals surface area contributed by atoms with Crippen LogP contribution in [0.1, 0.15) is 42.1 Å². The molecule has 0 aliphatic carbocycles. The van der Waals surface area contributed by atoms with Gasteiger partial charge < -0.3 is 19.7 Å². The summed E-state index contributed by atoms with van der Waals surface area (Å²) in [6.45, 7) is 6.80. The Morgan fingerprint density at radius 1 is 1.35 bits per heavy atom. The molecule has 1 aliphatic heterocycles. The van der Waals surface area contributed by atoms with Gasteiger partial charge in [-0.1, -0.05) is 13.0 Å². The van der Waals surface area contributed by atoms with Gasteiger partial charge in [0.1, 0.15) is 0 Å². The van der Waals surface area contributed by atoms with Gasteiger partial charge in [-0.25, -0.2) is 0 Å². The maximum Gasteiger partial charge on any atom is 0.254 e. The van der Waals surface area contributed by atoms with Crippen LogP contribution in [0.3, 0.4) is 0 Å². The number of nitrogens with zero attached hydrogens (tertiary/aromatic N) is 1. The smallest absolute Gasteiger partial charge is 0.254 e. The molecule has 1 N–H and O–H groups in total. The third-order valence-electron chi connectivity index (χ3n) is 4.56. The first-order chi connectivity index (χ1) is 12.5. The quantitative estimate of drug-likeness (QED) is 0.759. The number of nitrogens with one attached hydrogen (secondary N) is 1. The summed E-state index contributed by atoms with van der Waals surface area (Å²) >= 11 is 0. The minimum absolute atomic E-state index is 0.00735. The van der Waals surface area contributed by atoms with Crippen LogP contribution in [0, 0.1) is 0 Å². The number of amides is 2. The second-order valence-electron chi connectivity index (χ2n) is 6.38. The molecule has 2 rings (SSSR count). The molecule has 1 atom stereocenters. The number of carbonyl (C=O) groups is 2. The first-order valence-electron chi connectivity index (χ1n) is 8.98. The lowest BCUT2D eigenvalue weighted by Gasteiger charge is -2.33. The SMILES string of the molecule is C=CCc1cc(C(=O)N2CCCC(NC(=O)CC)C2)cc(OC)c1OC. The fourth-order valence-corrected chi connectivity index (χ4v) is 3.27. The van der Waals surface area contributed by atoms with Crippen LogP contribution in [0.15, 0.2) is 24.8 Å². The molecular weight excluding hydrogens is 332 g/mol. The summed E-state index contributed by atoms with van der Waals surface area (Å²) in [6.07, 6.45) is 4.56. The maximum atomic E-state index is 13.0. The fraction of sp³-hybridized carbons (Fsp3) is 0.500. The van der Waals surface area contributed by atoms with Gasteiger partial charge in [-0.3, -0.25) is 9.59 Å². The molecule has 1 unspecified atom stereocenters. The van der Waals surface area contributed by atoms with E-state index >= 15 is 0 Å². The lowest BCUT2D eigenvalue weighted by molar-refractivity contribution is -0.121. The van der Waals surface area contributed by atoms with Crippen molar-refractivity contribution in [3.8, 4) is 11.5 Å². The van der Waals surface area contributed by atoms with E-state index in [1.165, 1.54) is 0 Å². The average Bonchev–Trinajstić information content (AvgIpc) is 2.67. The summed E-state index contributed by atoms with van der Waals surface area (Å²) in [5.74, 6) is 1.11.